The summed E-state index contributed by atoms with van der Waals surface area (Å²) < 4.78 is 0. The van der Waals surface area contributed by atoms with E-state index in [4.69, 9.17) is 5.73 Å². The molecule has 1 unspecified atom stereocenters. The van der Waals surface area contributed by atoms with Gasteiger partial charge in [-0.25, -0.2) is 4.79 Å². The number of nitrogen functional groups attached to an aromatic ring is 1. The summed E-state index contributed by atoms with van der Waals surface area (Å²) in [5.74, 6) is 1.05. The van der Waals surface area contributed by atoms with Gasteiger partial charge >= 0.3 is 6.03 Å². The second-order valence-electron chi connectivity index (χ2n) is 4.30. The SMILES string of the molecule is CSCCC(C)N(C)C(=O)Nc1cccc(N)c1. The molecule has 3 N–H and O–H groups in total. The van der Waals surface area contributed by atoms with Crippen molar-refractivity contribution in [2.75, 3.05) is 30.1 Å². The summed E-state index contributed by atoms with van der Waals surface area (Å²) in [5.41, 5.74) is 7.04. The number of hydrogen-bond donors (Lipinski definition) is 2. The highest BCUT2D eigenvalue weighted by atomic mass is 32.2. The molecule has 100 valence electrons. The second kappa shape index (κ2) is 7.16. The lowest BCUT2D eigenvalue weighted by Crippen LogP contribution is -2.38. The Bertz CT molecular complexity index is 398. The molecule has 5 heteroatoms. The van der Waals surface area contributed by atoms with Crippen molar-refractivity contribution in [2.45, 2.75) is 19.4 Å². The van der Waals surface area contributed by atoms with Crippen LogP contribution in [0.5, 0.6) is 0 Å². The number of benzene rings is 1. The summed E-state index contributed by atoms with van der Waals surface area (Å²) in [4.78, 5) is 13.7. The van der Waals surface area contributed by atoms with Gasteiger partial charge in [0, 0.05) is 24.5 Å². The molecule has 1 atom stereocenters. The zero-order chi connectivity index (χ0) is 13.5. The van der Waals surface area contributed by atoms with Crippen LogP contribution >= 0.6 is 11.8 Å². The second-order valence-corrected chi connectivity index (χ2v) is 5.28. The molecule has 0 saturated carbocycles. The third-order valence-corrected chi connectivity index (χ3v) is 3.50. The van der Waals surface area contributed by atoms with Crippen LogP contribution in [0.1, 0.15) is 13.3 Å². The monoisotopic (exact) mass is 267 g/mol. The molecule has 0 radical (unpaired) electrons. The molecule has 1 rings (SSSR count). The smallest absolute Gasteiger partial charge is 0.321 e. The summed E-state index contributed by atoms with van der Waals surface area (Å²) in [6.07, 6.45) is 3.06. The van der Waals surface area contributed by atoms with Gasteiger partial charge in [0.05, 0.1) is 0 Å². The first-order valence-electron chi connectivity index (χ1n) is 5.93. The highest BCUT2D eigenvalue weighted by molar-refractivity contribution is 7.98. The average molecular weight is 267 g/mol. The van der Waals surface area contributed by atoms with Crippen LogP contribution in [0.2, 0.25) is 0 Å². The highest BCUT2D eigenvalue weighted by Gasteiger charge is 2.15. The molecule has 0 fully saturated rings. The zero-order valence-corrected chi connectivity index (χ0v) is 12.0. The number of amides is 2. The van der Waals surface area contributed by atoms with Crippen molar-refractivity contribution in [1.29, 1.82) is 0 Å². The molecule has 0 saturated heterocycles. The number of anilines is 2. The Morgan fingerprint density at radius 2 is 2.28 bits per heavy atom. The minimum atomic E-state index is -0.103. The standard InChI is InChI=1S/C13H21N3OS/c1-10(7-8-18-3)16(2)13(17)15-12-6-4-5-11(14)9-12/h4-6,9-10H,7-8,14H2,1-3H3,(H,15,17). The van der Waals surface area contributed by atoms with Gasteiger partial charge < -0.3 is 16.0 Å². The van der Waals surface area contributed by atoms with E-state index < -0.39 is 0 Å². The number of urea groups is 1. The number of carbonyl (C=O) groups excluding carboxylic acids is 1. The van der Waals surface area contributed by atoms with Crippen LogP contribution in [0, 0.1) is 0 Å². The molecule has 0 aromatic heterocycles. The Morgan fingerprint density at radius 1 is 1.56 bits per heavy atom. The zero-order valence-electron chi connectivity index (χ0n) is 11.1. The number of hydrogen-bond acceptors (Lipinski definition) is 3. The molecule has 0 bridgehead atoms. The minimum Gasteiger partial charge on any atom is -0.399 e. The van der Waals surface area contributed by atoms with Gasteiger partial charge in [0.2, 0.25) is 0 Å². The number of nitrogens with two attached hydrogens (primary N) is 1. The van der Waals surface area contributed by atoms with E-state index >= 15 is 0 Å². The molecule has 0 aliphatic carbocycles. The van der Waals surface area contributed by atoms with Crippen molar-refractivity contribution < 1.29 is 4.79 Å². The summed E-state index contributed by atoms with van der Waals surface area (Å²) in [7, 11) is 1.81. The molecule has 0 aliphatic rings. The van der Waals surface area contributed by atoms with E-state index in [0.717, 1.165) is 17.9 Å². The Labute approximate surface area is 113 Å². The van der Waals surface area contributed by atoms with Crippen LogP contribution < -0.4 is 11.1 Å². The van der Waals surface area contributed by atoms with Gasteiger partial charge in [0.25, 0.3) is 0 Å². The Morgan fingerprint density at radius 3 is 2.89 bits per heavy atom. The lowest BCUT2D eigenvalue weighted by atomic mass is 10.2. The molecular formula is C13H21N3OS. The van der Waals surface area contributed by atoms with Gasteiger partial charge in [-0.05, 0) is 43.6 Å². The van der Waals surface area contributed by atoms with Crippen molar-refractivity contribution in [3.63, 3.8) is 0 Å². The van der Waals surface area contributed by atoms with Crippen LogP contribution in [-0.4, -0.2) is 36.0 Å². The molecule has 0 aliphatic heterocycles. The van der Waals surface area contributed by atoms with Crippen LogP contribution in [0.3, 0.4) is 0 Å². The van der Waals surface area contributed by atoms with Gasteiger partial charge in [-0.2, -0.15) is 11.8 Å². The fourth-order valence-corrected chi connectivity index (χ4v) is 2.09. The third kappa shape index (κ3) is 4.49. The largest absolute Gasteiger partial charge is 0.399 e. The first kappa shape index (κ1) is 14.7. The van der Waals surface area contributed by atoms with Crippen LogP contribution in [0.25, 0.3) is 0 Å². The fourth-order valence-electron chi connectivity index (χ4n) is 1.51. The van der Waals surface area contributed by atoms with Crippen LogP contribution in [-0.2, 0) is 0 Å². The first-order chi connectivity index (χ1) is 8.54. The van der Waals surface area contributed by atoms with Gasteiger partial charge in [-0.15, -0.1) is 0 Å². The molecule has 0 heterocycles. The van der Waals surface area contributed by atoms with E-state index in [0.29, 0.717) is 5.69 Å². The quantitative estimate of drug-likeness (QED) is 0.806. The van der Waals surface area contributed by atoms with Crippen molar-refractivity contribution in [2.24, 2.45) is 0 Å². The molecule has 18 heavy (non-hydrogen) atoms. The molecule has 4 nitrogen and oxygen atoms in total. The predicted molar refractivity (Wildman–Crippen MR) is 80.1 cm³/mol. The van der Waals surface area contributed by atoms with E-state index in [1.54, 1.807) is 28.8 Å². The minimum absolute atomic E-state index is 0.103. The van der Waals surface area contributed by atoms with Crippen molar-refractivity contribution in [3.8, 4) is 0 Å². The van der Waals surface area contributed by atoms with E-state index in [2.05, 4.69) is 18.5 Å². The maximum Gasteiger partial charge on any atom is 0.321 e. The molecule has 1 aromatic carbocycles. The Kier molecular flexibility index (Phi) is 5.85. The summed E-state index contributed by atoms with van der Waals surface area (Å²) in [6, 6.07) is 7.31. The number of nitrogens with one attached hydrogen (secondary N) is 1. The lowest BCUT2D eigenvalue weighted by molar-refractivity contribution is 0.207. The lowest BCUT2D eigenvalue weighted by Gasteiger charge is -2.25. The van der Waals surface area contributed by atoms with E-state index in [9.17, 15) is 4.79 Å². The average Bonchev–Trinajstić information content (AvgIpc) is 2.35. The fraction of sp³-hybridized carbons (Fsp3) is 0.462. The van der Waals surface area contributed by atoms with Crippen molar-refractivity contribution >= 4 is 29.2 Å². The predicted octanol–water partition coefficient (Wildman–Crippen LogP) is 2.87. The van der Waals surface area contributed by atoms with Crippen molar-refractivity contribution in [3.05, 3.63) is 24.3 Å². The van der Waals surface area contributed by atoms with E-state index in [1.807, 2.05) is 19.2 Å². The summed E-state index contributed by atoms with van der Waals surface area (Å²) in [5, 5.41) is 2.84. The summed E-state index contributed by atoms with van der Waals surface area (Å²) in [6.45, 7) is 2.05. The van der Waals surface area contributed by atoms with Crippen LogP contribution in [0.15, 0.2) is 24.3 Å². The highest BCUT2D eigenvalue weighted by Crippen LogP contribution is 2.13. The number of carbonyl (C=O) groups is 1. The third-order valence-electron chi connectivity index (χ3n) is 2.86. The van der Waals surface area contributed by atoms with Gasteiger partial charge in [0.1, 0.15) is 0 Å². The molecular weight excluding hydrogens is 246 g/mol. The topological polar surface area (TPSA) is 58.4 Å². The van der Waals surface area contributed by atoms with Gasteiger partial charge in [0.15, 0.2) is 0 Å². The van der Waals surface area contributed by atoms with Gasteiger partial charge in [-0.1, -0.05) is 6.07 Å². The first-order valence-corrected chi connectivity index (χ1v) is 7.32. The van der Waals surface area contributed by atoms with E-state index in [1.165, 1.54) is 0 Å². The maximum absolute atomic E-state index is 12.0. The van der Waals surface area contributed by atoms with Crippen LogP contribution in [0.4, 0.5) is 16.2 Å². The normalized spacial score (nSPS) is 11.9. The molecule has 1 aromatic rings. The molecule has 0 spiro atoms. The number of thioether (sulfide) groups is 1. The summed E-state index contributed by atoms with van der Waals surface area (Å²) >= 11 is 1.79. The Hall–Kier alpha value is -1.36. The maximum atomic E-state index is 12.0. The number of nitrogens with zero attached hydrogens (tertiary/aromatic N) is 1. The van der Waals surface area contributed by atoms with E-state index in [-0.39, 0.29) is 12.1 Å². The van der Waals surface area contributed by atoms with Crippen molar-refractivity contribution in [1.82, 2.24) is 4.90 Å². The Balaban J connectivity index is 2.54. The number of rotatable bonds is 5. The molecule has 2 amide bonds. The van der Waals surface area contributed by atoms with Gasteiger partial charge in [-0.3, -0.25) is 0 Å².